The SMILES string of the molecule is O=Cc1ccc(OC2CCN(c3ccccn3)CC2)cc1. The van der Waals surface area contributed by atoms with Gasteiger partial charge in [0.25, 0.3) is 0 Å². The van der Waals surface area contributed by atoms with Crippen molar-refractivity contribution in [1.82, 2.24) is 4.98 Å². The van der Waals surface area contributed by atoms with E-state index in [2.05, 4.69) is 9.88 Å². The second-order valence-corrected chi connectivity index (χ2v) is 5.18. The van der Waals surface area contributed by atoms with Gasteiger partial charge in [0.05, 0.1) is 0 Å². The van der Waals surface area contributed by atoms with Crippen LogP contribution in [0.25, 0.3) is 0 Å². The minimum atomic E-state index is 0.229. The quantitative estimate of drug-likeness (QED) is 0.809. The first-order valence-electron chi connectivity index (χ1n) is 7.23. The summed E-state index contributed by atoms with van der Waals surface area (Å²) >= 11 is 0. The molecule has 3 rings (SSSR count). The maximum absolute atomic E-state index is 10.6. The van der Waals surface area contributed by atoms with Crippen molar-refractivity contribution in [1.29, 1.82) is 0 Å². The standard InChI is InChI=1S/C17H18N2O2/c20-13-14-4-6-15(7-5-14)21-16-8-11-19(12-9-16)17-3-1-2-10-18-17/h1-7,10,13,16H,8-9,11-12H2. The molecule has 0 aliphatic carbocycles. The van der Waals surface area contributed by atoms with Gasteiger partial charge < -0.3 is 9.64 Å². The van der Waals surface area contributed by atoms with Crippen molar-refractivity contribution in [3.05, 3.63) is 54.2 Å². The summed E-state index contributed by atoms with van der Waals surface area (Å²) < 4.78 is 5.98. The number of nitrogens with zero attached hydrogens (tertiary/aromatic N) is 2. The molecule has 0 radical (unpaired) electrons. The fourth-order valence-corrected chi connectivity index (χ4v) is 2.56. The molecule has 21 heavy (non-hydrogen) atoms. The van der Waals surface area contributed by atoms with Gasteiger partial charge in [0.1, 0.15) is 24.0 Å². The third-order valence-corrected chi connectivity index (χ3v) is 3.73. The Labute approximate surface area is 124 Å². The lowest BCUT2D eigenvalue weighted by molar-refractivity contribution is 0.112. The summed E-state index contributed by atoms with van der Waals surface area (Å²) in [5, 5.41) is 0. The van der Waals surface area contributed by atoms with Crippen molar-refractivity contribution in [3.63, 3.8) is 0 Å². The number of anilines is 1. The molecule has 1 saturated heterocycles. The van der Waals surface area contributed by atoms with Crippen LogP contribution in [0, 0.1) is 0 Å². The van der Waals surface area contributed by atoms with Crippen molar-refractivity contribution >= 4 is 12.1 Å². The van der Waals surface area contributed by atoms with Crippen molar-refractivity contribution in [2.75, 3.05) is 18.0 Å². The van der Waals surface area contributed by atoms with Gasteiger partial charge in [0.15, 0.2) is 0 Å². The van der Waals surface area contributed by atoms with E-state index in [0.717, 1.165) is 43.8 Å². The van der Waals surface area contributed by atoms with E-state index in [0.29, 0.717) is 5.56 Å². The second-order valence-electron chi connectivity index (χ2n) is 5.18. The summed E-state index contributed by atoms with van der Waals surface area (Å²) in [6.45, 7) is 1.90. The van der Waals surface area contributed by atoms with E-state index in [9.17, 15) is 4.79 Å². The van der Waals surface area contributed by atoms with Gasteiger partial charge in [0.2, 0.25) is 0 Å². The monoisotopic (exact) mass is 282 g/mol. The molecule has 1 aromatic heterocycles. The third-order valence-electron chi connectivity index (χ3n) is 3.73. The Balaban J connectivity index is 1.54. The molecule has 1 aliphatic heterocycles. The van der Waals surface area contributed by atoms with Crippen molar-refractivity contribution < 1.29 is 9.53 Å². The maximum Gasteiger partial charge on any atom is 0.150 e. The molecule has 2 aromatic rings. The van der Waals surface area contributed by atoms with Crippen LogP contribution in [0.4, 0.5) is 5.82 Å². The fraction of sp³-hybridized carbons (Fsp3) is 0.294. The molecule has 0 unspecified atom stereocenters. The Morgan fingerprint density at radius 2 is 1.86 bits per heavy atom. The lowest BCUT2D eigenvalue weighted by Crippen LogP contribution is -2.38. The topological polar surface area (TPSA) is 42.4 Å². The number of hydrogen-bond donors (Lipinski definition) is 0. The molecule has 2 heterocycles. The van der Waals surface area contributed by atoms with Crippen LogP contribution in [0.15, 0.2) is 48.7 Å². The van der Waals surface area contributed by atoms with E-state index in [1.165, 1.54) is 0 Å². The molecule has 4 nitrogen and oxygen atoms in total. The third kappa shape index (κ3) is 3.40. The van der Waals surface area contributed by atoms with Gasteiger partial charge >= 0.3 is 0 Å². The van der Waals surface area contributed by atoms with E-state index >= 15 is 0 Å². The lowest BCUT2D eigenvalue weighted by atomic mass is 10.1. The fourth-order valence-electron chi connectivity index (χ4n) is 2.56. The lowest BCUT2D eigenvalue weighted by Gasteiger charge is -2.32. The summed E-state index contributed by atoms with van der Waals surface area (Å²) in [6.07, 6.45) is 4.85. The zero-order chi connectivity index (χ0) is 14.5. The molecule has 0 bridgehead atoms. The van der Waals surface area contributed by atoms with Crippen LogP contribution < -0.4 is 9.64 Å². The molecule has 1 aromatic carbocycles. The van der Waals surface area contributed by atoms with Crippen LogP contribution in [0.3, 0.4) is 0 Å². The Kier molecular flexibility index (Phi) is 4.15. The highest BCUT2D eigenvalue weighted by molar-refractivity contribution is 5.74. The number of carbonyl (C=O) groups is 1. The average molecular weight is 282 g/mol. The van der Waals surface area contributed by atoms with E-state index in [4.69, 9.17) is 4.74 Å². The number of ether oxygens (including phenoxy) is 1. The van der Waals surface area contributed by atoms with Gasteiger partial charge in [-0.05, 0) is 36.4 Å². The highest BCUT2D eigenvalue weighted by Crippen LogP contribution is 2.22. The van der Waals surface area contributed by atoms with Crippen molar-refractivity contribution in [3.8, 4) is 5.75 Å². The van der Waals surface area contributed by atoms with Gasteiger partial charge in [-0.15, -0.1) is 0 Å². The number of carbonyl (C=O) groups excluding carboxylic acids is 1. The van der Waals surface area contributed by atoms with Gasteiger partial charge in [-0.2, -0.15) is 0 Å². The summed E-state index contributed by atoms with van der Waals surface area (Å²) in [6, 6.07) is 13.3. The predicted molar refractivity (Wildman–Crippen MR) is 81.9 cm³/mol. The minimum absolute atomic E-state index is 0.229. The molecule has 0 atom stereocenters. The first kappa shape index (κ1) is 13.6. The molecule has 4 heteroatoms. The average Bonchev–Trinajstić information content (AvgIpc) is 2.57. The number of hydrogen-bond acceptors (Lipinski definition) is 4. The zero-order valence-electron chi connectivity index (χ0n) is 11.8. The Morgan fingerprint density at radius 3 is 2.48 bits per heavy atom. The molecular formula is C17H18N2O2. The maximum atomic E-state index is 10.6. The normalized spacial score (nSPS) is 15.7. The zero-order valence-corrected chi connectivity index (χ0v) is 11.8. The summed E-state index contributed by atoms with van der Waals surface area (Å²) in [7, 11) is 0. The van der Waals surface area contributed by atoms with E-state index in [1.54, 1.807) is 12.1 Å². The van der Waals surface area contributed by atoms with Crippen LogP contribution >= 0.6 is 0 Å². The summed E-state index contributed by atoms with van der Waals surface area (Å²) in [4.78, 5) is 17.3. The summed E-state index contributed by atoms with van der Waals surface area (Å²) in [5.41, 5.74) is 0.673. The second kappa shape index (κ2) is 6.39. The van der Waals surface area contributed by atoms with Crippen LogP contribution in [0.5, 0.6) is 5.75 Å². The number of aldehydes is 1. The largest absolute Gasteiger partial charge is 0.490 e. The molecule has 108 valence electrons. The minimum Gasteiger partial charge on any atom is -0.490 e. The molecular weight excluding hydrogens is 264 g/mol. The first-order chi connectivity index (χ1) is 10.3. The summed E-state index contributed by atoms with van der Waals surface area (Å²) in [5.74, 6) is 1.86. The van der Waals surface area contributed by atoms with Gasteiger partial charge in [0, 0.05) is 37.7 Å². The van der Waals surface area contributed by atoms with Crippen LogP contribution in [-0.2, 0) is 0 Å². The Morgan fingerprint density at radius 1 is 1.10 bits per heavy atom. The number of piperidine rings is 1. The molecule has 0 N–H and O–H groups in total. The number of aromatic nitrogens is 1. The van der Waals surface area contributed by atoms with Gasteiger partial charge in [-0.1, -0.05) is 6.07 Å². The first-order valence-corrected chi connectivity index (χ1v) is 7.23. The van der Waals surface area contributed by atoms with E-state index in [1.807, 2.05) is 36.5 Å². The molecule has 1 aliphatic rings. The van der Waals surface area contributed by atoms with Crippen molar-refractivity contribution in [2.45, 2.75) is 18.9 Å². The highest BCUT2D eigenvalue weighted by atomic mass is 16.5. The van der Waals surface area contributed by atoms with Gasteiger partial charge in [-0.3, -0.25) is 4.79 Å². The van der Waals surface area contributed by atoms with E-state index < -0.39 is 0 Å². The number of pyridine rings is 1. The van der Waals surface area contributed by atoms with E-state index in [-0.39, 0.29) is 6.10 Å². The van der Waals surface area contributed by atoms with Crippen LogP contribution in [0.2, 0.25) is 0 Å². The van der Waals surface area contributed by atoms with Crippen molar-refractivity contribution in [2.24, 2.45) is 0 Å². The molecule has 0 spiro atoms. The number of rotatable bonds is 4. The number of benzene rings is 1. The van der Waals surface area contributed by atoms with Crippen LogP contribution in [0.1, 0.15) is 23.2 Å². The Hall–Kier alpha value is -2.36. The molecule has 1 fully saturated rings. The molecule has 0 saturated carbocycles. The molecule has 0 amide bonds. The predicted octanol–water partition coefficient (Wildman–Crippen LogP) is 2.94. The van der Waals surface area contributed by atoms with Gasteiger partial charge in [-0.25, -0.2) is 4.98 Å². The smallest absolute Gasteiger partial charge is 0.150 e. The highest BCUT2D eigenvalue weighted by Gasteiger charge is 2.21. The van der Waals surface area contributed by atoms with Crippen LogP contribution in [-0.4, -0.2) is 30.5 Å². The Bertz CT molecular complexity index is 575.